The number of hydrogen-bond donors (Lipinski definition) is 1. The van der Waals surface area contributed by atoms with Crippen molar-refractivity contribution in [1.29, 1.82) is 0 Å². The standard InChI is InChI=1S/C17H20ClNO/c1-4-20-16-7-5-13(6-8-16)17(19-3)14-9-12(2)10-15(18)11-14/h5-11,17,19H,4H2,1-3H3. The molecule has 20 heavy (non-hydrogen) atoms. The first-order valence-corrected chi connectivity index (χ1v) is 7.19. The summed E-state index contributed by atoms with van der Waals surface area (Å²) < 4.78 is 5.48. The Bertz CT molecular complexity index is 545. The lowest BCUT2D eigenvalue weighted by Crippen LogP contribution is -2.17. The van der Waals surface area contributed by atoms with E-state index in [0.717, 1.165) is 10.8 Å². The van der Waals surface area contributed by atoms with Crippen molar-refractivity contribution in [1.82, 2.24) is 5.32 Å². The van der Waals surface area contributed by atoms with Crippen molar-refractivity contribution in [3.05, 3.63) is 64.2 Å². The monoisotopic (exact) mass is 289 g/mol. The molecule has 0 spiro atoms. The predicted molar refractivity (Wildman–Crippen MR) is 84.7 cm³/mol. The van der Waals surface area contributed by atoms with Gasteiger partial charge in [0.15, 0.2) is 0 Å². The Morgan fingerprint density at radius 2 is 1.80 bits per heavy atom. The Labute approximate surface area is 125 Å². The molecule has 0 radical (unpaired) electrons. The zero-order valence-electron chi connectivity index (χ0n) is 12.1. The summed E-state index contributed by atoms with van der Waals surface area (Å²) in [6, 6.07) is 14.4. The first-order valence-electron chi connectivity index (χ1n) is 6.81. The van der Waals surface area contributed by atoms with Gasteiger partial charge in [0, 0.05) is 5.02 Å². The fraction of sp³-hybridized carbons (Fsp3) is 0.294. The van der Waals surface area contributed by atoms with Crippen LogP contribution in [-0.4, -0.2) is 13.7 Å². The average molecular weight is 290 g/mol. The Morgan fingerprint density at radius 1 is 1.10 bits per heavy atom. The van der Waals surface area contributed by atoms with Gasteiger partial charge in [0.2, 0.25) is 0 Å². The van der Waals surface area contributed by atoms with E-state index in [0.29, 0.717) is 6.61 Å². The Hall–Kier alpha value is -1.51. The van der Waals surface area contributed by atoms with Crippen LogP contribution < -0.4 is 10.1 Å². The van der Waals surface area contributed by atoms with Crippen molar-refractivity contribution in [2.45, 2.75) is 19.9 Å². The maximum absolute atomic E-state index is 6.16. The van der Waals surface area contributed by atoms with Crippen LogP contribution in [0.5, 0.6) is 5.75 Å². The molecular formula is C17H20ClNO. The fourth-order valence-corrected chi connectivity index (χ4v) is 2.68. The fourth-order valence-electron chi connectivity index (χ4n) is 2.38. The van der Waals surface area contributed by atoms with Gasteiger partial charge in [-0.25, -0.2) is 0 Å². The summed E-state index contributed by atoms with van der Waals surface area (Å²) in [4.78, 5) is 0. The van der Waals surface area contributed by atoms with Crippen LogP contribution in [0.4, 0.5) is 0 Å². The van der Waals surface area contributed by atoms with Crippen molar-refractivity contribution < 1.29 is 4.74 Å². The van der Waals surface area contributed by atoms with Gasteiger partial charge >= 0.3 is 0 Å². The average Bonchev–Trinajstić information content (AvgIpc) is 2.41. The molecule has 0 heterocycles. The molecule has 106 valence electrons. The molecule has 2 aromatic carbocycles. The summed E-state index contributed by atoms with van der Waals surface area (Å²) in [7, 11) is 1.96. The van der Waals surface area contributed by atoms with E-state index in [1.807, 2.05) is 38.2 Å². The molecular weight excluding hydrogens is 270 g/mol. The van der Waals surface area contributed by atoms with Crippen LogP contribution in [-0.2, 0) is 0 Å². The first kappa shape index (κ1) is 14.9. The van der Waals surface area contributed by atoms with Gasteiger partial charge in [-0.3, -0.25) is 0 Å². The van der Waals surface area contributed by atoms with E-state index in [2.05, 4.69) is 30.4 Å². The number of aryl methyl sites for hydroxylation is 1. The zero-order chi connectivity index (χ0) is 14.5. The molecule has 3 heteroatoms. The normalized spacial score (nSPS) is 12.2. The Morgan fingerprint density at radius 3 is 2.35 bits per heavy atom. The van der Waals surface area contributed by atoms with E-state index in [4.69, 9.17) is 16.3 Å². The highest BCUT2D eigenvalue weighted by atomic mass is 35.5. The highest BCUT2D eigenvalue weighted by Gasteiger charge is 2.13. The van der Waals surface area contributed by atoms with Gasteiger partial charge in [0.05, 0.1) is 12.6 Å². The second-order valence-corrected chi connectivity index (χ2v) is 5.22. The molecule has 0 amide bonds. The lowest BCUT2D eigenvalue weighted by molar-refractivity contribution is 0.340. The van der Waals surface area contributed by atoms with Crippen molar-refractivity contribution in [2.24, 2.45) is 0 Å². The van der Waals surface area contributed by atoms with Crippen molar-refractivity contribution in [3.8, 4) is 5.75 Å². The van der Waals surface area contributed by atoms with Crippen LogP contribution in [0.25, 0.3) is 0 Å². The van der Waals surface area contributed by atoms with Gasteiger partial charge < -0.3 is 10.1 Å². The van der Waals surface area contributed by atoms with E-state index < -0.39 is 0 Å². The number of nitrogens with one attached hydrogen (secondary N) is 1. The summed E-state index contributed by atoms with van der Waals surface area (Å²) in [5.74, 6) is 0.897. The second-order valence-electron chi connectivity index (χ2n) is 4.79. The third kappa shape index (κ3) is 3.53. The SMILES string of the molecule is CCOc1ccc(C(NC)c2cc(C)cc(Cl)c2)cc1. The Kier molecular flexibility index (Phi) is 5.05. The minimum absolute atomic E-state index is 0.128. The van der Waals surface area contributed by atoms with Crippen LogP contribution in [0.15, 0.2) is 42.5 Å². The zero-order valence-corrected chi connectivity index (χ0v) is 12.9. The topological polar surface area (TPSA) is 21.3 Å². The van der Waals surface area contributed by atoms with Gasteiger partial charge in [-0.15, -0.1) is 0 Å². The van der Waals surface area contributed by atoms with E-state index in [1.54, 1.807) is 0 Å². The van der Waals surface area contributed by atoms with Crippen molar-refractivity contribution in [3.63, 3.8) is 0 Å². The molecule has 1 N–H and O–H groups in total. The molecule has 0 fully saturated rings. The number of halogens is 1. The van der Waals surface area contributed by atoms with Gasteiger partial charge in [-0.2, -0.15) is 0 Å². The number of rotatable bonds is 5. The summed E-state index contributed by atoms with van der Waals surface area (Å²) in [5.41, 5.74) is 3.53. The maximum Gasteiger partial charge on any atom is 0.119 e. The Balaban J connectivity index is 2.31. The van der Waals surface area contributed by atoms with Gasteiger partial charge in [0.1, 0.15) is 5.75 Å². The van der Waals surface area contributed by atoms with Crippen LogP contribution in [0.3, 0.4) is 0 Å². The van der Waals surface area contributed by atoms with Crippen molar-refractivity contribution in [2.75, 3.05) is 13.7 Å². The number of ether oxygens (including phenoxy) is 1. The molecule has 0 saturated heterocycles. The smallest absolute Gasteiger partial charge is 0.119 e. The van der Waals surface area contributed by atoms with Crippen molar-refractivity contribution >= 4 is 11.6 Å². The van der Waals surface area contributed by atoms with E-state index in [1.165, 1.54) is 16.7 Å². The van der Waals surface area contributed by atoms with Crippen LogP contribution >= 0.6 is 11.6 Å². The molecule has 0 aliphatic heterocycles. The molecule has 2 aromatic rings. The second kappa shape index (κ2) is 6.78. The summed E-state index contributed by atoms with van der Waals surface area (Å²) in [5, 5.41) is 4.11. The van der Waals surface area contributed by atoms with Crippen LogP contribution in [0.1, 0.15) is 29.7 Å². The van der Waals surface area contributed by atoms with E-state index in [9.17, 15) is 0 Å². The summed E-state index contributed by atoms with van der Waals surface area (Å²) >= 11 is 6.16. The molecule has 2 rings (SSSR count). The molecule has 2 nitrogen and oxygen atoms in total. The predicted octanol–water partition coefficient (Wildman–Crippen LogP) is 4.36. The number of benzene rings is 2. The van der Waals surface area contributed by atoms with E-state index in [-0.39, 0.29) is 6.04 Å². The maximum atomic E-state index is 6.16. The van der Waals surface area contributed by atoms with Crippen LogP contribution in [0, 0.1) is 6.92 Å². The number of hydrogen-bond acceptors (Lipinski definition) is 2. The molecule has 1 unspecified atom stereocenters. The third-order valence-electron chi connectivity index (χ3n) is 3.21. The molecule has 0 aliphatic carbocycles. The van der Waals surface area contributed by atoms with Gasteiger partial charge in [0.25, 0.3) is 0 Å². The molecule has 0 aliphatic rings. The lowest BCUT2D eigenvalue weighted by Gasteiger charge is -2.18. The minimum Gasteiger partial charge on any atom is -0.494 e. The van der Waals surface area contributed by atoms with Gasteiger partial charge in [-0.1, -0.05) is 29.8 Å². The quantitative estimate of drug-likeness (QED) is 0.883. The highest BCUT2D eigenvalue weighted by molar-refractivity contribution is 6.30. The molecule has 0 bridgehead atoms. The van der Waals surface area contributed by atoms with Gasteiger partial charge in [-0.05, 0) is 61.9 Å². The minimum atomic E-state index is 0.128. The first-order chi connectivity index (χ1) is 9.63. The third-order valence-corrected chi connectivity index (χ3v) is 3.43. The highest BCUT2D eigenvalue weighted by Crippen LogP contribution is 2.27. The summed E-state index contributed by atoms with van der Waals surface area (Å²) in [6.07, 6.45) is 0. The summed E-state index contributed by atoms with van der Waals surface area (Å²) in [6.45, 7) is 4.72. The molecule has 0 aromatic heterocycles. The largest absolute Gasteiger partial charge is 0.494 e. The molecule has 0 saturated carbocycles. The lowest BCUT2D eigenvalue weighted by atomic mass is 9.97. The van der Waals surface area contributed by atoms with E-state index >= 15 is 0 Å². The molecule has 1 atom stereocenters. The van der Waals surface area contributed by atoms with Crippen LogP contribution in [0.2, 0.25) is 5.02 Å².